The Morgan fingerprint density at radius 3 is 1.92 bits per heavy atom. The molecule has 0 radical (unpaired) electrons. The Bertz CT molecular complexity index is 86.5. The van der Waals surface area contributed by atoms with Crippen LogP contribution in [0.4, 0.5) is 0 Å². The zero-order valence-electron chi connectivity index (χ0n) is 7.67. The van der Waals surface area contributed by atoms with Crippen molar-refractivity contribution in [3.05, 3.63) is 0 Å². The lowest BCUT2D eigenvalue weighted by atomic mass is 10.1. The van der Waals surface area contributed by atoms with Crippen molar-refractivity contribution in [1.82, 2.24) is 0 Å². The molecule has 0 aliphatic carbocycles. The predicted molar refractivity (Wildman–Crippen MR) is 54.6 cm³/mol. The van der Waals surface area contributed by atoms with Gasteiger partial charge in [0.1, 0.15) is 0 Å². The van der Waals surface area contributed by atoms with Gasteiger partial charge in [-0.1, -0.05) is 29.3 Å². The highest BCUT2D eigenvalue weighted by Gasteiger charge is 2.07. The molecule has 0 aliphatic rings. The van der Waals surface area contributed by atoms with Crippen LogP contribution in [0.1, 0.15) is 39.0 Å². The van der Waals surface area contributed by atoms with Gasteiger partial charge in [-0.25, -0.2) is 0 Å². The molecule has 0 aromatic rings. The van der Waals surface area contributed by atoms with Gasteiger partial charge in [0.15, 0.2) is 0 Å². The lowest BCUT2D eigenvalue weighted by Gasteiger charge is -2.12. The fraction of sp³-hybridized carbons (Fsp3) is 1.00. The van der Waals surface area contributed by atoms with Gasteiger partial charge < -0.3 is 10.2 Å². The van der Waals surface area contributed by atoms with Gasteiger partial charge in [0.05, 0.1) is 12.2 Å². The van der Waals surface area contributed by atoms with Crippen LogP contribution in [0.2, 0.25) is 0 Å². The molecular weight excluding hydrogens is 220 g/mol. The summed E-state index contributed by atoms with van der Waals surface area (Å²) in [4.78, 5) is 0. The smallest absolute Gasteiger partial charge is 0.0549 e. The zero-order chi connectivity index (χ0) is 9.40. The number of rotatable bonds is 7. The van der Waals surface area contributed by atoms with Crippen molar-refractivity contribution in [3.8, 4) is 0 Å². The molecule has 0 heterocycles. The Morgan fingerprint density at radius 2 is 1.50 bits per heavy atom. The third kappa shape index (κ3) is 7.07. The normalized spacial score (nSPS) is 16.0. The first-order chi connectivity index (χ1) is 5.70. The summed E-state index contributed by atoms with van der Waals surface area (Å²) in [6.07, 6.45) is 3.60. The molecule has 0 saturated carbocycles. The highest BCUT2D eigenvalue weighted by Crippen LogP contribution is 2.09. The van der Waals surface area contributed by atoms with Gasteiger partial charge in [0, 0.05) is 5.33 Å². The minimum Gasteiger partial charge on any atom is -0.393 e. The largest absolute Gasteiger partial charge is 0.393 e. The van der Waals surface area contributed by atoms with E-state index in [0.29, 0.717) is 6.42 Å². The lowest BCUT2D eigenvalue weighted by molar-refractivity contribution is 0.107. The summed E-state index contributed by atoms with van der Waals surface area (Å²) >= 11 is 3.27. The van der Waals surface area contributed by atoms with E-state index in [1.54, 1.807) is 0 Å². The molecule has 0 bridgehead atoms. The van der Waals surface area contributed by atoms with Gasteiger partial charge in [0.25, 0.3) is 0 Å². The second-order valence-corrected chi connectivity index (χ2v) is 3.94. The highest BCUT2D eigenvalue weighted by molar-refractivity contribution is 9.09. The molecule has 0 amide bonds. The molecule has 12 heavy (non-hydrogen) atoms. The van der Waals surface area contributed by atoms with Crippen LogP contribution in [0.3, 0.4) is 0 Å². The number of hydrogen-bond acceptors (Lipinski definition) is 2. The monoisotopic (exact) mass is 238 g/mol. The van der Waals surface area contributed by atoms with E-state index in [0.717, 1.165) is 31.0 Å². The third-order valence-corrected chi connectivity index (χ3v) is 2.36. The summed E-state index contributed by atoms with van der Waals surface area (Å²) in [5.74, 6) is 0. The van der Waals surface area contributed by atoms with Crippen molar-refractivity contribution in [1.29, 1.82) is 0 Å². The Hall–Kier alpha value is 0.400. The number of hydrogen-bond donors (Lipinski definition) is 2. The zero-order valence-corrected chi connectivity index (χ0v) is 9.26. The Balaban J connectivity index is 3.27. The maximum Gasteiger partial charge on any atom is 0.0549 e. The maximum absolute atomic E-state index is 9.34. The van der Waals surface area contributed by atoms with Crippen LogP contribution in [0.25, 0.3) is 0 Å². The van der Waals surface area contributed by atoms with Crippen LogP contribution in [-0.2, 0) is 0 Å². The number of aliphatic hydroxyl groups excluding tert-OH is 2. The van der Waals surface area contributed by atoms with E-state index in [1.807, 2.05) is 0 Å². The van der Waals surface area contributed by atoms with E-state index < -0.39 is 0 Å². The highest BCUT2D eigenvalue weighted by atomic mass is 79.9. The molecular formula is C9H19BrO2. The van der Waals surface area contributed by atoms with Crippen LogP contribution < -0.4 is 0 Å². The minimum absolute atomic E-state index is 0.222. The van der Waals surface area contributed by atoms with Gasteiger partial charge in [-0.15, -0.1) is 0 Å². The lowest BCUT2D eigenvalue weighted by Crippen LogP contribution is -2.13. The van der Waals surface area contributed by atoms with Crippen molar-refractivity contribution in [3.63, 3.8) is 0 Å². The molecule has 2 N–H and O–H groups in total. The van der Waals surface area contributed by atoms with Crippen LogP contribution in [0.5, 0.6) is 0 Å². The standard InChI is InChI=1S/C9H19BrO2/c1-2-3-8(11)4-5-9(12)6-7-10/h8-9,11-12H,2-7H2,1H3. The Morgan fingerprint density at radius 1 is 1.00 bits per heavy atom. The van der Waals surface area contributed by atoms with Crippen molar-refractivity contribution >= 4 is 15.9 Å². The molecule has 0 aromatic carbocycles. The van der Waals surface area contributed by atoms with Gasteiger partial charge in [0.2, 0.25) is 0 Å². The first-order valence-electron chi connectivity index (χ1n) is 4.62. The van der Waals surface area contributed by atoms with E-state index >= 15 is 0 Å². The van der Waals surface area contributed by atoms with Gasteiger partial charge in [-0.3, -0.25) is 0 Å². The second kappa shape index (κ2) is 8.02. The first-order valence-corrected chi connectivity index (χ1v) is 5.75. The van der Waals surface area contributed by atoms with Gasteiger partial charge in [-0.05, 0) is 25.7 Å². The van der Waals surface area contributed by atoms with Crippen molar-refractivity contribution < 1.29 is 10.2 Å². The van der Waals surface area contributed by atoms with E-state index in [4.69, 9.17) is 0 Å². The molecule has 3 heteroatoms. The van der Waals surface area contributed by atoms with Gasteiger partial charge in [-0.2, -0.15) is 0 Å². The molecule has 0 aromatic heterocycles. The number of alkyl halides is 1. The van der Waals surface area contributed by atoms with E-state index in [-0.39, 0.29) is 12.2 Å². The topological polar surface area (TPSA) is 40.5 Å². The molecule has 2 nitrogen and oxygen atoms in total. The Labute approximate surface area is 83.1 Å². The van der Waals surface area contributed by atoms with E-state index in [2.05, 4.69) is 22.9 Å². The first kappa shape index (κ1) is 12.4. The SMILES string of the molecule is CCCC(O)CCC(O)CCBr. The van der Waals surface area contributed by atoms with E-state index in [1.165, 1.54) is 0 Å². The van der Waals surface area contributed by atoms with Crippen LogP contribution in [-0.4, -0.2) is 27.8 Å². The van der Waals surface area contributed by atoms with Crippen LogP contribution in [0, 0.1) is 0 Å². The second-order valence-electron chi connectivity index (χ2n) is 3.15. The molecule has 0 spiro atoms. The minimum atomic E-state index is -0.254. The molecule has 2 unspecified atom stereocenters. The average molecular weight is 239 g/mol. The molecule has 0 aliphatic heterocycles. The van der Waals surface area contributed by atoms with E-state index in [9.17, 15) is 10.2 Å². The summed E-state index contributed by atoms with van der Waals surface area (Å²) in [5.41, 5.74) is 0. The summed E-state index contributed by atoms with van der Waals surface area (Å²) < 4.78 is 0. The quantitative estimate of drug-likeness (QED) is 0.668. The van der Waals surface area contributed by atoms with Gasteiger partial charge >= 0.3 is 0 Å². The average Bonchev–Trinajstić information content (AvgIpc) is 2.02. The number of aliphatic hydroxyl groups is 2. The fourth-order valence-corrected chi connectivity index (χ4v) is 1.66. The number of halogens is 1. The van der Waals surface area contributed by atoms with Crippen molar-refractivity contribution in [2.45, 2.75) is 51.2 Å². The summed E-state index contributed by atoms with van der Waals surface area (Å²) in [5, 5.41) is 19.5. The summed E-state index contributed by atoms with van der Waals surface area (Å²) in [6, 6.07) is 0. The summed E-state index contributed by atoms with van der Waals surface area (Å²) in [6.45, 7) is 2.05. The fourth-order valence-electron chi connectivity index (χ4n) is 1.13. The summed E-state index contributed by atoms with van der Waals surface area (Å²) in [7, 11) is 0. The van der Waals surface area contributed by atoms with Crippen LogP contribution in [0.15, 0.2) is 0 Å². The van der Waals surface area contributed by atoms with Crippen molar-refractivity contribution in [2.24, 2.45) is 0 Å². The molecule has 0 rings (SSSR count). The molecule has 2 atom stereocenters. The molecule has 0 fully saturated rings. The Kier molecular flexibility index (Phi) is 8.29. The maximum atomic E-state index is 9.34. The van der Waals surface area contributed by atoms with Crippen molar-refractivity contribution in [2.75, 3.05) is 5.33 Å². The molecule has 74 valence electrons. The third-order valence-electron chi connectivity index (χ3n) is 1.90. The van der Waals surface area contributed by atoms with Crippen LogP contribution >= 0.6 is 15.9 Å². The predicted octanol–water partition coefficient (Wildman–Crippen LogP) is 2.07. The molecule has 0 saturated heterocycles.